The van der Waals surface area contributed by atoms with E-state index in [1.807, 2.05) is 30.3 Å². The first kappa shape index (κ1) is 12.9. The van der Waals surface area contributed by atoms with E-state index in [1.165, 1.54) is 0 Å². The summed E-state index contributed by atoms with van der Waals surface area (Å²) in [7, 11) is 0. The predicted octanol–water partition coefficient (Wildman–Crippen LogP) is 2.64. The van der Waals surface area contributed by atoms with Gasteiger partial charge >= 0.3 is 6.09 Å². The van der Waals surface area contributed by atoms with E-state index in [-0.39, 0.29) is 12.1 Å². The van der Waals surface area contributed by atoms with Crippen LogP contribution in [-0.2, 0) is 11.3 Å². The Hall–Kier alpha value is -1.55. The van der Waals surface area contributed by atoms with Crippen molar-refractivity contribution in [3.8, 4) is 0 Å². The van der Waals surface area contributed by atoms with E-state index >= 15 is 0 Å². The second kappa shape index (κ2) is 5.87. The molecule has 0 saturated heterocycles. The topological polar surface area (TPSA) is 58.6 Å². The van der Waals surface area contributed by atoms with Gasteiger partial charge in [-0.3, -0.25) is 0 Å². The van der Waals surface area contributed by atoms with Crippen molar-refractivity contribution in [2.45, 2.75) is 38.5 Å². The number of hydrogen-bond donors (Lipinski definition) is 2. The van der Waals surface area contributed by atoms with Crippen LogP contribution in [0.15, 0.2) is 30.3 Å². The molecule has 1 aliphatic rings. The van der Waals surface area contributed by atoms with Crippen LogP contribution in [0.4, 0.5) is 4.79 Å². The molecule has 0 bridgehead atoms. The SMILES string of the molecule is C[C@H]1C[C@H](OCc2ccccc2)C[C@@H]1NC(=O)O. The van der Waals surface area contributed by atoms with Crippen LogP contribution in [0.25, 0.3) is 0 Å². The molecule has 4 heteroatoms. The molecule has 0 radical (unpaired) electrons. The normalized spacial score (nSPS) is 27.1. The van der Waals surface area contributed by atoms with Gasteiger partial charge in [0, 0.05) is 6.04 Å². The molecule has 1 amide bonds. The van der Waals surface area contributed by atoms with Crippen LogP contribution in [0.5, 0.6) is 0 Å². The van der Waals surface area contributed by atoms with Gasteiger partial charge in [-0.2, -0.15) is 0 Å². The maximum absolute atomic E-state index is 10.6. The van der Waals surface area contributed by atoms with E-state index in [2.05, 4.69) is 12.2 Å². The monoisotopic (exact) mass is 249 g/mol. The van der Waals surface area contributed by atoms with Crippen LogP contribution in [0, 0.1) is 5.92 Å². The Morgan fingerprint density at radius 3 is 2.78 bits per heavy atom. The van der Waals surface area contributed by atoms with Gasteiger partial charge in [0.2, 0.25) is 0 Å². The molecule has 1 aliphatic carbocycles. The first-order valence-electron chi connectivity index (χ1n) is 6.30. The lowest BCUT2D eigenvalue weighted by molar-refractivity contribution is 0.0425. The molecule has 18 heavy (non-hydrogen) atoms. The Kier molecular flexibility index (Phi) is 4.20. The molecule has 0 aromatic heterocycles. The minimum atomic E-state index is -0.949. The summed E-state index contributed by atoms with van der Waals surface area (Å²) in [4.78, 5) is 10.6. The van der Waals surface area contributed by atoms with Crippen molar-refractivity contribution < 1.29 is 14.6 Å². The maximum Gasteiger partial charge on any atom is 0.404 e. The lowest BCUT2D eigenvalue weighted by Crippen LogP contribution is -2.35. The number of rotatable bonds is 4. The summed E-state index contributed by atoms with van der Waals surface area (Å²) in [5, 5.41) is 11.3. The molecule has 0 heterocycles. The number of benzene rings is 1. The van der Waals surface area contributed by atoms with Gasteiger partial charge in [0.1, 0.15) is 0 Å². The third-order valence-electron chi connectivity index (χ3n) is 3.48. The lowest BCUT2D eigenvalue weighted by atomic mass is 10.1. The average Bonchev–Trinajstić information content (AvgIpc) is 2.68. The van der Waals surface area contributed by atoms with E-state index in [0.29, 0.717) is 12.5 Å². The van der Waals surface area contributed by atoms with E-state index in [0.717, 1.165) is 18.4 Å². The van der Waals surface area contributed by atoms with Gasteiger partial charge in [-0.15, -0.1) is 0 Å². The lowest BCUT2D eigenvalue weighted by Gasteiger charge is -2.14. The van der Waals surface area contributed by atoms with Crippen molar-refractivity contribution in [1.29, 1.82) is 0 Å². The smallest absolute Gasteiger partial charge is 0.404 e. The highest BCUT2D eigenvalue weighted by molar-refractivity contribution is 5.64. The summed E-state index contributed by atoms with van der Waals surface area (Å²) in [6, 6.07) is 10.0. The Morgan fingerprint density at radius 2 is 2.11 bits per heavy atom. The Morgan fingerprint density at radius 1 is 1.39 bits per heavy atom. The molecule has 2 rings (SSSR count). The van der Waals surface area contributed by atoms with Crippen LogP contribution in [-0.4, -0.2) is 23.3 Å². The van der Waals surface area contributed by atoms with Crippen molar-refractivity contribution in [3.63, 3.8) is 0 Å². The van der Waals surface area contributed by atoms with Crippen molar-refractivity contribution in [2.75, 3.05) is 0 Å². The highest BCUT2D eigenvalue weighted by atomic mass is 16.5. The number of carboxylic acid groups (broad SMARTS) is 1. The number of nitrogens with one attached hydrogen (secondary N) is 1. The minimum absolute atomic E-state index is 0.0169. The van der Waals surface area contributed by atoms with Gasteiger partial charge in [-0.05, 0) is 24.3 Å². The zero-order valence-electron chi connectivity index (χ0n) is 10.5. The number of carbonyl (C=O) groups is 1. The van der Waals surface area contributed by atoms with Gasteiger partial charge < -0.3 is 15.2 Å². The molecule has 1 aromatic carbocycles. The van der Waals surface area contributed by atoms with Crippen molar-refractivity contribution >= 4 is 6.09 Å². The second-order valence-corrected chi connectivity index (χ2v) is 4.92. The molecule has 3 atom stereocenters. The molecule has 1 aromatic rings. The molecule has 1 saturated carbocycles. The second-order valence-electron chi connectivity index (χ2n) is 4.92. The van der Waals surface area contributed by atoms with Crippen LogP contribution in [0.2, 0.25) is 0 Å². The van der Waals surface area contributed by atoms with E-state index in [4.69, 9.17) is 9.84 Å². The molecule has 4 nitrogen and oxygen atoms in total. The molecule has 0 spiro atoms. The van der Waals surface area contributed by atoms with Crippen molar-refractivity contribution in [3.05, 3.63) is 35.9 Å². The fourth-order valence-electron chi connectivity index (χ4n) is 2.47. The van der Waals surface area contributed by atoms with E-state index in [1.54, 1.807) is 0 Å². The molecule has 0 unspecified atom stereocenters. The largest absolute Gasteiger partial charge is 0.465 e. The van der Waals surface area contributed by atoms with Crippen LogP contribution >= 0.6 is 0 Å². The third-order valence-corrected chi connectivity index (χ3v) is 3.48. The molecule has 98 valence electrons. The molecular formula is C14H19NO3. The highest BCUT2D eigenvalue weighted by Crippen LogP contribution is 2.28. The number of ether oxygens (including phenoxy) is 1. The molecule has 2 N–H and O–H groups in total. The number of hydrogen-bond acceptors (Lipinski definition) is 2. The third kappa shape index (κ3) is 3.47. The fraction of sp³-hybridized carbons (Fsp3) is 0.500. The maximum atomic E-state index is 10.6. The van der Waals surface area contributed by atoms with Gasteiger partial charge in [0.05, 0.1) is 12.7 Å². The average molecular weight is 249 g/mol. The summed E-state index contributed by atoms with van der Waals surface area (Å²) in [6.45, 7) is 2.66. The Balaban J connectivity index is 1.80. The first-order chi connectivity index (χ1) is 8.65. The van der Waals surface area contributed by atoms with Gasteiger partial charge in [0.25, 0.3) is 0 Å². The zero-order chi connectivity index (χ0) is 13.0. The quantitative estimate of drug-likeness (QED) is 0.862. The highest BCUT2D eigenvalue weighted by Gasteiger charge is 2.32. The summed E-state index contributed by atoms with van der Waals surface area (Å²) in [5.74, 6) is 0.335. The summed E-state index contributed by atoms with van der Waals surface area (Å²) in [5.41, 5.74) is 1.15. The van der Waals surface area contributed by atoms with Gasteiger partial charge in [-0.1, -0.05) is 37.3 Å². The standard InChI is InChI=1S/C14H19NO3/c1-10-7-12(8-13(10)15-14(16)17)18-9-11-5-3-2-4-6-11/h2-6,10,12-13,15H,7-9H2,1H3,(H,16,17)/t10-,12-,13-/m0/s1. The summed E-state index contributed by atoms with van der Waals surface area (Å²) >= 11 is 0. The van der Waals surface area contributed by atoms with Crippen LogP contribution in [0.1, 0.15) is 25.3 Å². The van der Waals surface area contributed by atoms with Crippen molar-refractivity contribution in [1.82, 2.24) is 5.32 Å². The van der Waals surface area contributed by atoms with Gasteiger partial charge in [0.15, 0.2) is 0 Å². The molecular weight excluding hydrogens is 230 g/mol. The molecule has 1 fully saturated rings. The van der Waals surface area contributed by atoms with Crippen molar-refractivity contribution in [2.24, 2.45) is 5.92 Å². The summed E-state index contributed by atoms with van der Waals surface area (Å²) < 4.78 is 5.84. The first-order valence-corrected chi connectivity index (χ1v) is 6.30. The summed E-state index contributed by atoms with van der Waals surface area (Å²) in [6.07, 6.45) is 0.880. The minimum Gasteiger partial charge on any atom is -0.465 e. The Bertz CT molecular complexity index is 393. The van der Waals surface area contributed by atoms with Crippen LogP contribution < -0.4 is 5.32 Å². The zero-order valence-corrected chi connectivity index (χ0v) is 10.5. The molecule has 0 aliphatic heterocycles. The fourth-order valence-corrected chi connectivity index (χ4v) is 2.47. The predicted molar refractivity (Wildman–Crippen MR) is 68.4 cm³/mol. The van der Waals surface area contributed by atoms with Crippen LogP contribution in [0.3, 0.4) is 0 Å². The number of amides is 1. The van der Waals surface area contributed by atoms with E-state index in [9.17, 15) is 4.79 Å². The Labute approximate surface area is 107 Å². The van der Waals surface area contributed by atoms with Gasteiger partial charge in [-0.25, -0.2) is 4.79 Å². The van der Waals surface area contributed by atoms with E-state index < -0.39 is 6.09 Å².